The Kier molecular flexibility index (Phi) is 7.40. The number of nitrogens with zero attached hydrogens (tertiary/aromatic N) is 3. The van der Waals surface area contributed by atoms with Crippen LogP contribution >= 0.6 is 11.6 Å². The van der Waals surface area contributed by atoms with Crippen LogP contribution in [0.25, 0.3) is 10.9 Å². The molecule has 0 spiro atoms. The Morgan fingerprint density at radius 3 is 2.34 bits per heavy atom. The maximum atomic E-state index is 12.5. The number of nitrogens with one attached hydrogen (secondary N) is 1. The predicted octanol–water partition coefficient (Wildman–Crippen LogP) is 5.28. The van der Waals surface area contributed by atoms with Crippen molar-refractivity contribution in [2.75, 3.05) is 43.4 Å². The Labute approximate surface area is 210 Å². The normalized spacial score (nSPS) is 17.6. The summed E-state index contributed by atoms with van der Waals surface area (Å²) in [4.78, 5) is 21.0. The number of pyridine rings is 1. The van der Waals surface area contributed by atoms with Crippen molar-refractivity contribution < 1.29 is 14.3 Å². The van der Waals surface area contributed by atoms with Crippen LogP contribution in [0, 0.1) is 0 Å². The molecule has 0 bridgehead atoms. The molecule has 2 aromatic carbocycles. The van der Waals surface area contributed by atoms with Gasteiger partial charge < -0.3 is 25.4 Å². The highest BCUT2D eigenvalue weighted by atomic mass is 35.5. The predicted molar refractivity (Wildman–Crippen MR) is 142 cm³/mol. The van der Waals surface area contributed by atoms with Crippen molar-refractivity contribution in [2.24, 2.45) is 5.73 Å². The molecule has 1 aromatic heterocycles. The van der Waals surface area contributed by atoms with E-state index in [0.29, 0.717) is 22.2 Å². The van der Waals surface area contributed by atoms with Gasteiger partial charge in [-0.05, 0) is 37.8 Å². The van der Waals surface area contributed by atoms with Crippen LogP contribution in [-0.4, -0.2) is 51.4 Å². The van der Waals surface area contributed by atoms with Gasteiger partial charge in [0, 0.05) is 49.4 Å². The molecule has 0 saturated heterocycles. The Balaban J connectivity index is 1.51. The molecule has 0 radical (unpaired) electrons. The molecule has 1 heterocycles. The van der Waals surface area contributed by atoms with Gasteiger partial charge in [0.1, 0.15) is 17.3 Å². The summed E-state index contributed by atoms with van der Waals surface area (Å²) in [5, 5.41) is 5.12. The van der Waals surface area contributed by atoms with Gasteiger partial charge in [0.15, 0.2) is 0 Å². The number of halogens is 1. The van der Waals surface area contributed by atoms with Gasteiger partial charge in [0.2, 0.25) is 0 Å². The number of rotatable bonds is 7. The first-order chi connectivity index (χ1) is 16.8. The number of hydrogen-bond donors (Lipinski definition) is 2. The molecule has 186 valence electrons. The molecule has 35 heavy (non-hydrogen) atoms. The van der Waals surface area contributed by atoms with Crippen LogP contribution in [0.15, 0.2) is 42.5 Å². The number of aromatic nitrogens is 1. The fourth-order valence-corrected chi connectivity index (χ4v) is 5.05. The van der Waals surface area contributed by atoms with Crippen LogP contribution in [0.5, 0.6) is 11.5 Å². The molecule has 0 unspecified atom stereocenters. The molecule has 0 aliphatic heterocycles. The molecule has 1 fully saturated rings. The zero-order valence-corrected chi connectivity index (χ0v) is 21.3. The Hall–Kier alpha value is -3.39. The molecule has 1 aliphatic carbocycles. The van der Waals surface area contributed by atoms with E-state index in [2.05, 4.69) is 22.3 Å². The second-order valence-electron chi connectivity index (χ2n) is 8.95. The fraction of sp³-hybridized carbons (Fsp3) is 0.385. The maximum absolute atomic E-state index is 12.5. The van der Waals surface area contributed by atoms with Crippen LogP contribution < -0.4 is 30.3 Å². The molecule has 2 amide bonds. The third kappa shape index (κ3) is 5.17. The lowest BCUT2D eigenvalue weighted by molar-refractivity contribution is 0.248. The highest BCUT2D eigenvalue weighted by Gasteiger charge is 2.31. The first-order valence-electron chi connectivity index (χ1n) is 11.7. The number of amides is 2. The average molecular weight is 498 g/mol. The van der Waals surface area contributed by atoms with E-state index in [1.54, 1.807) is 24.1 Å². The van der Waals surface area contributed by atoms with Crippen LogP contribution in [0.1, 0.15) is 25.7 Å². The molecule has 8 nitrogen and oxygen atoms in total. The van der Waals surface area contributed by atoms with Crippen molar-refractivity contribution in [3.8, 4) is 11.5 Å². The molecule has 3 N–H and O–H groups in total. The summed E-state index contributed by atoms with van der Waals surface area (Å²) in [6, 6.07) is 13.2. The van der Waals surface area contributed by atoms with Crippen molar-refractivity contribution in [1.29, 1.82) is 0 Å². The topological polar surface area (TPSA) is 92.9 Å². The van der Waals surface area contributed by atoms with Gasteiger partial charge in [-0.15, -0.1) is 0 Å². The SMILES string of the molecule is COc1cc(OC)c(N(C(N)=O)[C@H]2CC[C@@H](Nc3cc(N(C)C)c4ccccc4n3)CC2)cc1Cl. The van der Waals surface area contributed by atoms with Gasteiger partial charge in [-0.25, -0.2) is 9.78 Å². The van der Waals surface area contributed by atoms with Crippen LogP contribution in [0.4, 0.5) is 22.0 Å². The lowest BCUT2D eigenvalue weighted by atomic mass is 9.89. The van der Waals surface area contributed by atoms with Crippen LogP contribution in [0.2, 0.25) is 5.02 Å². The van der Waals surface area contributed by atoms with Crippen LogP contribution in [0.3, 0.4) is 0 Å². The summed E-state index contributed by atoms with van der Waals surface area (Å²) in [5.74, 6) is 1.82. The number of carbonyl (C=O) groups is 1. The molecule has 4 rings (SSSR count). The number of para-hydroxylation sites is 1. The van der Waals surface area contributed by atoms with Gasteiger partial charge in [0.25, 0.3) is 0 Å². The van der Waals surface area contributed by atoms with Crippen molar-refractivity contribution in [3.05, 3.63) is 47.5 Å². The fourth-order valence-electron chi connectivity index (χ4n) is 4.82. The summed E-state index contributed by atoms with van der Waals surface area (Å²) >= 11 is 6.36. The second-order valence-corrected chi connectivity index (χ2v) is 9.36. The number of methoxy groups -OCH3 is 2. The van der Waals surface area contributed by atoms with E-state index in [-0.39, 0.29) is 12.1 Å². The lowest BCUT2D eigenvalue weighted by Gasteiger charge is -2.37. The van der Waals surface area contributed by atoms with Crippen LogP contribution in [-0.2, 0) is 0 Å². The Bertz CT molecular complexity index is 1210. The summed E-state index contributed by atoms with van der Waals surface area (Å²) in [5.41, 5.74) is 8.45. The quantitative estimate of drug-likeness (QED) is 0.461. The zero-order chi connectivity index (χ0) is 25.1. The lowest BCUT2D eigenvalue weighted by Crippen LogP contribution is -2.47. The minimum atomic E-state index is -0.534. The smallest absolute Gasteiger partial charge is 0.319 e. The number of fused-ring (bicyclic) bond motifs is 1. The Morgan fingerprint density at radius 1 is 1.03 bits per heavy atom. The van der Waals surface area contributed by atoms with Crippen molar-refractivity contribution in [1.82, 2.24) is 4.98 Å². The summed E-state index contributed by atoms with van der Waals surface area (Å²) in [6.45, 7) is 0. The third-order valence-electron chi connectivity index (χ3n) is 6.54. The summed E-state index contributed by atoms with van der Waals surface area (Å²) in [7, 11) is 7.15. The number of ether oxygens (including phenoxy) is 2. The standard InChI is InChI=1S/C26H32ClN5O3/c1-31(2)21-14-25(30-20-8-6-5-7-18(20)21)29-16-9-11-17(12-10-16)32(26(28)33)22-13-19(27)23(34-3)15-24(22)35-4/h5-8,13-17H,9-12H2,1-4H3,(H2,28,33)(H,29,30)/t16-,17+. The number of nitrogens with two attached hydrogens (primary N) is 1. The van der Waals surface area contributed by atoms with Crippen molar-refractivity contribution in [3.63, 3.8) is 0 Å². The second kappa shape index (κ2) is 10.5. The molecule has 3 aromatic rings. The number of benzene rings is 2. The number of primary amides is 1. The molecule has 9 heteroatoms. The van der Waals surface area contributed by atoms with E-state index in [4.69, 9.17) is 31.8 Å². The van der Waals surface area contributed by atoms with E-state index in [1.807, 2.05) is 32.3 Å². The van der Waals surface area contributed by atoms with E-state index < -0.39 is 6.03 Å². The maximum Gasteiger partial charge on any atom is 0.319 e. The third-order valence-corrected chi connectivity index (χ3v) is 6.84. The van der Waals surface area contributed by atoms with Gasteiger partial charge in [-0.3, -0.25) is 4.90 Å². The molecular formula is C26H32ClN5O3. The number of anilines is 3. The van der Waals surface area contributed by atoms with Gasteiger partial charge in [0.05, 0.1) is 30.4 Å². The number of urea groups is 1. The minimum absolute atomic E-state index is 0.0641. The molecule has 1 saturated carbocycles. The number of hydrogen-bond acceptors (Lipinski definition) is 6. The summed E-state index contributed by atoms with van der Waals surface area (Å²) < 4.78 is 10.8. The first-order valence-corrected chi connectivity index (χ1v) is 12.0. The molecule has 0 atom stereocenters. The number of carbonyl (C=O) groups excluding carboxylic acids is 1. The van der Waals surface area contributed by atoms with Crippen molar-refractivity contribution >= 4 is 45.7 Å². The van der Waals surface area contributed by atoms with E-state index in [1.165, 1.54) is 7.11 Å². The Morgan fingerprint density at radius 2 is 1.71 bits per heavy atom. The van der Waals surface area contributed by atoms with Gasteiger partial charge in [-0.2, -0.15) is 0 Å². The summed E-state index contributed by atoms with van der Waals surface area (Å²) in [6.07, 6.45) is 3.29. The first kappa shape index (κ1) is 24.7. The minimum Gasteiger partial charge on any atom is -0.495 e. The van der Waals surface area contributed by atoms with E-state index in [0.717, 1.165) is 48.1 Å². The molecular weight excluding hydrogens is 466 g/mol. The van der Waals surface area contributed by atoms with Gasteiger partial charge in [-0.1, -0.05) is 29.8 Å². The zero-order valence-electron chi connectivity index (χ0n) is 20.5. The highest BCUT2D eigenvalue weighted by molar-refractivity contribution is 6.32. The van der Waals surface area contributed by atoms with Gasteiger partial charge >= 0.3 is 6.03 Å². The largest absolute Gasteiger partial charge is 0.495 e. The van der Waals surface area contributed by atoms with E-state index in [9.17, 15) is 4.79 Å². The van der Waals surface area contributed by atoms with Crippen molar-refractivity contribution in [2.45, 2.75) is 37.8 Å². The molecule has 1 aliphatic rings. The van der Waals surface area contributed by atoms with E-state index >= 15 is 0 Å². The average Bonchev–Trinajstić information content (AvgIpc) is 2.84. The monoisotopic (exact) mass is 497 g/mol. The highest BCUT2D eigenvalue weighted by Crippen LogP contribution is 2.40.